The van der Waals surface area contributed by atoms with E-state index in [1.165, 1.54) is 6.42 Å². The summed E-state index contributed by atoms with van der Waals surface area (Å²) >= 11 is 0. The van der Waals surface area contributed by atoms with Crippen LogP contribution in [-0.2, 0) is 4.74 Å². The highest BCUT2D eigenvalue weighted by atomic mass is 16.5. The molecule has 2 aliphatic rings. The Kier molecular flexibility index (Phi) is 2.55. The molecule has 0 aliphatic carbocycles. The molecule has 2 heteroatoms. The highest BCUT2D eigenvalue weighted by Gasteiger charge is 2.45. The van der Waals surface area contributed by atoms with Crippen molar-refractivity contribution >= 4 is 0 Å². The Morgan fingerprint density at radius 1 is 1.45 bits per heavy atom. The fourth-order valence-corrected chi connectivity index (χ4v) is 1.96. The zero-order valence-corrected chi connectivity index (χ0v) is 8.05. The van der Waals surface area contributed by atoms with E-state index in [0.29, 0.717) is 0 Å². The van der Waals surface area contributed by atoms with Crippen LogP contribution in [0.4, 0.5) is 0 Å². The first-order valence-electron chi connectivity index (χ1n) is 4.54. The van der Waals surface area contributed by atoms with Crippen molar-refractivity contribution in [1.82, 2.24) is 4.90 Å². The van der Waals surface area contributed by atoms with Crippen molar-refractivity contribution in [1.29, 1.82) is 0 Å². The van der Waals surface area contributed by atoms with E-state index in [2.05, 4.69) is 18.9 Å². The molecule has 2 nitrogen and oxygen atoms in total. The van der Waals surface area contributed by atoms with E-state index in [1.54, 1.807) is 0 Å². The summed E-state index contributed by atoms with van der Waals surface area (Å²) < 4.78 is 5.57. The predicted octanol–water partition coefficient (Wildman–Crippen LogP) is 1.51. The molecule has 0 aromatic rings. The van der Waals surface area contributed by atoms with Crippen LogP contribution >= 0.6 is 0 Å². The van der Waals surface area contributed by atoms with Gasteiger partial charge in [0.25, 0.3) is 0 Å². The van der Waals surface area contributed by atoms with Gasteiger partial charge in [-0.2, -0.15) is 0 Å². The Hall–Kier alpha value is -0.0800. The summed E-state index contributed by atoms with van der Waals surface area (Å²) in [5, 5.41) is 0. The van der Waals surface area contributed by atoms with E-state index in [-0.39, 0.29) is 5.60 Å². The lowest BCUT2D eigenvalue weighted by Crippen LogP contribution is -2.38. The monoisotopic (exact) mass is 157 g/mol. The summed E-state index contributed by atoms with van der Waals surface area (Å²) in [5.41, 5.74) is 0.208. The molecule has 66 valence electrons. The van der Waals surface area contributed by atoms with Crippen molar-refractivity contribution < 1.29 is 4.74 Å². The highest BCUT2D eigenvalue weighted by molar-refractivity contribution is 4.98. The first-order chi connectivity index (χ1) is 5.20. The van der Waals surface area contributed by atoms with Crippen molar-refractivity contribution in [3.05, 3.63) is 0 Å². The second kappa shape index (κ2) is 3.11. The SMILES string of the molecule is CC.CN1CC2(C)CC1CO2. The lowest BCUT2D eigenvalue weighted by molar-refractivity contribution is -0.0256. The summed E-state index contributed by atoms with van der Waals surface area (Å²) in [6.07, 6.45) is 1.24. The van der Waals surface area contributed by atoms with Crippen molar-refractivity contribution in [2.75, 3.05) is 20.2 Å². The number of hydrogen-bond acceptors (Lipinski definition) is 2. The van der Waals surface area contributed by atoms with Crippen molar-refractivity contribution in [3.63, 3.8) is 0 Å². The number of morpholine rings is 1. The molecular formula is C9H19NO. The minimum atomic E-state index is 0.208. The molecule has 2 aliphatic heterocycles. The van der Waals surface area contributed by atoms with Crippen LogP contribution in [0.2, 0.25) is 0 Å². The van der Waals surface area contributed by atoms with Gasteiger partial charge >= 0.3 is 0 Å². The van der Waals surface area contributed by atoms with E-state index in [4.69, 9.17) is 4.74 Å². The third-order valence-corrected chi connectivity index (χ3v) is 2.50. The van der Waals surface area contributed by atoms with Gasteiger partial charge in [0.1, 0.15) is 0 Å². The van der Waals surface area contributed by atoms with Crippen LogP contribution in [0.25, 0.3) is 0 Å². The Labute approximate surface area is 69.5 Å². The summed E-state index contributed by atoms with van der Waals surface area (Å²) in [6, 6.07) is 0.718. The Morgan fingerprint density at radius 2 is 2.09 bits per heavy atom. The average Bonchev–Trinajstić information content (AvgIpc) is 2.47. The predicted molar refractivity (Wildman–Crippen MR) is 46.7 cm³/mol. The molecule has 0 spiro atoms. The summed E-state index contributed by atoms with van der Waals surface area (Å²) in [5.74, 6) is 0. The highest BCUT2D eigenvalue weighted by Crippen LogP contribution is 2.35. The zero-order chi connectivity index (χ0) is 8.48. The van der Waals surface area contributed by atoms with Crippen molar-refractivity contribution in [3.8, 4) is 0 Å². The number of ether oxygens (including phenoxy) is 1. The Morgan fingerprint density at radius 3 is 2.27 bits per heavy atom. The van der Waals surface area contributed by atoms with Gasteiger partial charge in [-0.15, -0.1) is 0 Å². The van der Waals surface area contributed by atoms with E-state index in [1.807, 2.05) is 13.8 Å². The second-order valence-electron chi connectivity index (χ2n) is 3.53. The molecule has 2 atom stereocenters. The van der Waals surface area contributed by atoms with Gasteiger partial charge in [0, 0.05) is 12.6 Å². The smallest absolute Gasteiger partial charge is 0.0797 e. The third-order valence-electron chi connectivity index (χ3n) is 2.50. The minimum absolute atomic E-state index is 0.208. The zero-order valence-electron chi connectivity index (χ0n) is 8.05. The van der Waals surface area contributed by atoms with Crippen LogP contribution in [0.1, 0.15) is 27.2 Å². The number of likely N-dealkylation sites (tertiary alicyclic amines) is 1. The Balaban J connectivity index is 0.000000281. The van der Waals surface area contributed by atoms with Gasteiger partial charge in [-0.25, -0.2) is 0 Å². The van der Waals surface area contributed by atoms with Gasteiger partial charge < -0.3 is 4.74 Å². The number of nitrogens with zero attached hydrogens (tertiary/aromatic N) is 1. The van der Waals surface area contributed by atoms with Crippen LogP contribution < -0.4 is 0 Å². The van der Waals surface area contributed by atoms with Crippen molar-refractivity contribution in [2.45, 2.75) is 38.8 Å². The molecular weight excluding hydrogens is 138 g/mol. The van der Waals surface area contributed by atoms with Crippen LogP contribution in [0.15, 0.2) is 0 Å². The fraction of sp³-hybridized carbons (Fsp3) is 1.00. The molecule has 11 heavy (non-hydrogen) atoms. The van der Waals surface area contributed by atoms with Crippen LogP contribution in [0.3, 0.4) is 0 Å². The first kappa shape index (κ1) is 9.01. The van der Waals surface area contributed by atoms with Gasteiger partial charge in [-0.1, -0.05) is 13.8 Å². The van der Waals surface area contributed by atoms with Crippen LogP contribution in [0, 0.1) is 0 Å². The number of rotatable bonds is 0. The molecule has 0 N–H and O–H groups in total. The number of hydrogen-bond donors (Lipinski definition) is 0. The lowest BCUT2D eigenvalue weighted by Gasteiger charge is -2.27. The molecule has 0 amide bonds. The molecule has 2 heterocycles. The van der Waals surface area contributed by atoms with Crippen molar-refractivity contribution in [2.24, 2.45) is 0 Å². The molecule has 2 fully saturated rings. The van der Waals surface area contributed by atoms with Gasteiger partial charge in [-0.05, 0) is 20.4 Å². The summed E-state index contributed by atoms with van der Waals surface area (Å²) in [7, 11) is 2.18. The fourth-order valence-electron chi connectivity index (χ4n) is 1.96. The van der Waals surface area contributed by atoms with E-state index in [0.717, 1.165) is 19.2 Å². The molecule has 2 bridgehead atoms. The molecule has 2 unspecified atom stereocenters. The van der Waals surface area contributed by atoms with Gasteiger partial charge in [0.2, 0.25) is 0 Å². The van der Waals surface area contributed by atoms with Gasteiger partial charge in [-0.3, -0.25) is 4.90 Å². The Bertz CT molecular complexity index is 134. The molecule has 0 radical (unpaired) electrons. The van der Waals surface area contributed by atoms with E-state index < -0.39 is 0 Å². The maximum absolute atomic E-state index is 5.57. The second-order valence-corrected chi connectivity index (χ2v) is 3.53. The molecule has 0 saturated carbocycles. The summed E-state index contributed by atoms with van der Waals surface area (Å²) in [4.78, 5) is 2.39. The van der Waals surface area contributed by atoms with Gasteiger partial charge in [0.15, 0.2) is 0 Å². The van der Waals surface area contributed by atoms with E-state index >= 15 is 0 Å². The van der Waals surface area contributed by atoms with Crippen LogP contribution in [0.5, 0.6) is 0 Å². The normalized spacial score (nSPS) is 42.0. The molecule has 2 rings (SSSR count). The lowest BCUT2D eigenvalue weighted by atomic mass is 10.1. The van der Waals surface area contributed by atoms with Crippen LogP contribution in [-0.4, -0.2) is 36.7 Å². The summed E-state index contributed by atoms with van der Waals surface area (Å²) in [6.45, 7) is 8.28. The largest absolute Gasteiger partial charge is 0.372 e. The topological polar surface area (TPSA) is 12.5 Å². The number of likely N-dealkylation sites (N-methyl/N-ethyl adjacent to an activating group) is 1. The number of fused-ring (bicyclic) bond motifs is 2. The van der Waals surface area contributed by atoms with E-state index in [9.17, 15) is 0 Å². The maximum atomic E-state index is 5.57. The average molecular weight is 157 g/mol. The first-order valence-corrected chi connectivity index (χ1v) is 4.54. The quantitative estimate of drug-likeness (QED) is 0.528. The standard InChI is InChI=1S/C7H13NO.C2H6/c1-7-3-6(4-9-7)8(2)5-7;1-2/h6H,3-5H2,1-2H3;1-2H3. The minimum Gasteiger partial charge on any atom is -0.372 e. The maximum Gasteiger partial charge on any atom is 0.0797 e. The molecule has 2 saturated heterocycles. The van der Waals surface area contributed by atoms with Gasteiger partial charge in [0.05, 0.1) is 12.2 Å². The molecule has 0 aromatic heterocycles. The third kappa shape index (κ3) is 1.57. The molecule has 0 aromatic carbocycles.